The highest BCUT2D eigenvalue weighted by atomic mass is 32.2. The van der Waals surface area contributed by atoms with Gasteiger partial charge in [-0.15, -0.1) is 0 Å². The van der Waals surface area contributed by atoms with E-state index in [2.05, 4.69) is 0 Å². The van der Waals surface area contributed by atoms with Gasteiger partial charge in [-0.1, -0.05) is 12.1 Å². The first kappa shape index (κ1) is 24.2. The van der Waals surface area contributed by atoms with Gasteiger partial charge in [-0.05, 0) is 36.4 Å². The molecule has 0 bridgehead atoms. The summed E-state index contributed by atoms with van der Waals surface area (Å²) in [5, 5.41) is 0. The molecule has 0 unspecified atom stereocenters. The highest BCUT2D eigenvalue weighted by molar-refractivity contribution is 7.89. The molecule has 0 N–H and O–H groups in total. The van der Waals surface area contributed by atoms with Gasteiger partial charge in [0.25, 0.3) is 5.91 Å². The average molecular weight is 493 g/mol. The largest absolute Gasteiger partial charge is 0.339 e. The van der Waals surface area contributed by atoms with Crippen LogP contribution in [0.15, 0.2) is 53.4 Å². The van der Waals surface area contributed by atoms with Crippen molar-refractivity contribution in [2.45, 2.75) is 4.90 Å². The number of carbonyl (C=O) groups excluding carboxylic acids is 2. The Morgan fingerprint density at radius 3 is 1.97 bits per heavy atom. The van der Waals surface area contributed by atoms with Crippen LogP contribution >= 0.6 is 0 Å². The van der Waals surface area contributed by atoms with E-state index in [9.17, 15) is 26.8 Å². The average Bonchev–Trinajstić information content (AvgIpc) is 2.85. The van der Waals surface area contributed by atoms with Crippen LogP contribution in [0.1, 0.15) is 10.4 Å². The molecule has 0 aliphatic carbocycles. The predicted molar refractivity (Wildman–Crippen MR) is 120 cm³/mol. The molecule has 2 aliphatic heterocycles. The van der Waals surface area contributed by atoms with Gasteiger partial charge in [-0.25, -0.2) is 17.2 Å². The number of hydrogen-bond acceptors (Lipinski definition) is 5. The minimum absolute atomic E-state index is 0.0245. The quantitative estimate of drug-likeness (QED) is 0.628. The molecule has 2 aliphatic rings. The number of rotatable bonds is 5. The Morgan fingerprint density at radius 1 is 0.765 bits per heavy atom. The van der Waals surface area contributed by atoms with Crippen molar-refractivity contribution in [3.63, 3.8) is 0 Å². The Balaban J connectivity index is 1.25. The first-order valence-corrected chi connectivity index (χ1v) is 12.5. The van der Waals surface area contributed by atoms with Gasteiger partial charge >= 0.3 is 0 Å². The van der Waals surface area contributed by atoms with Gasteiger partial charge in [0.1, 0.15) is 11.6 Å². The van der Waals surface area contributed by atoms with Crippen LogP contribution in [0.3, 0.4) is 0 Å². The number of hydrogen-bond donors (Lipinski definition) is 0. The maximum atomic E-state index is 13.9. The van der Waals surface area contributed by atoms with E-state index >= 15 is 0 Å². The van der Waals surface area contributed by atoms with Gasteiger partial charge in [-0.3, -0.25) is 14.5 Å². The Morgan fingerprint density at radius 2 is 1.35 bits per heavy atom. The molecule has 8 nitrogen and oxygen atoms in total. The lowest BCUT2D eigenvalue weighted by molar-refractivity contribution is -0.133. The van der Waals surface area contributed by atoms with Crippen LogP contribution in [0.25, 0.3) is 0 Å². The molecule has 4 rings (SSSR count). The first-order valence-electron chi connectivity index (χ1n) is 11.1. The summed E-state index contributed by atoms with van der Waals surface area (Å²) < 4.78 is 53.8. The molecular formula is C23H26F2N4O4S. The van der Waals surface area contributed by atoms with Gasteiger partial charge in [-0.2, -0.15) is 4.31 Å². The molecule has 0 radical (unpaired) electrons. The SMILES string of the molecule is O=C(CN1CCN(C(=O)c2ccccc2F)CC1)N1CCN(S(=O)(=O)c2ccc(F)cc2)CC1. The summed E-state index contributed by atoms with van der Waals surface area (Å²) in [7, 11) is -3.74. The smallest absolute Gasteiger partial charge is 0.256 e. The Bertz CT molecular complexity index is 1140. The highest BCUT2D eigenvalue weighted by Crippen LogP contribution is 2.18. The molecule has 2 fully saturated rings. The lowest BCUT2D eigenvalue weighted by atomic mass is 10.1. The zero-order valence-electron chi connectivity index (χ0n) is 18.6. The van der Waals surface area contributed by atoms with E-state index in [1.165, 1.54) is 34.6 Å². The second kappa shape index (κ2) is 10.2. The number of carbonyl (C=O) groups is 2. The van der Waals surface area contributed by atoms with Crippen LogP contribution < -0.4 is 0 Å². The Labute approximate surface area is 197 Å². The van der Waals surface area contributed by atoms with Crippen LogP contribution in [-0.2, 0) is 14.8 Å². The molecule has 2 aromatic carbocycles. The highest BCUT2D eigenvalue weighted by Gasteiger charge is 2.31. The van der Waals surface area contributed by atoms with Crippen molar-refractivity contribution in [1.82, 2.24) is 19.0 Å². The lowest BCUT2D eigenvalue weighted by Gasteiger charge is -2.37. The second-order valence-electron chi connectivity index (χ2n) is 8.29. The predicted octanol–water partition coefficient (Wildman–Crippen LogP) is 1.26. The summed E-state index contributed by atoms with van der Waals surface area (Å²) in [5.41, 5.74) is 0.0421. The number of piperazine rings is 2. The topological polar surface area (TPSA) is 81.2 Å². The van der Waals surface area contributed by atoms with Crippen LogP contribution in [0.5, 0.6) is 0 Å². The van der Waals surface area contributed by atoms with E-state index in [1.807, 2.05) is 4.90 Å². The number of sulfonamides is 1. The van der Waals surface area contributed by atoms with Crippen molar-refractivity contribution in [2.75, 3.05) is 58.9 Å². The normalized spacial score (nSPS) is 18.2. The van der Waals surface area contributed by atoms with Crippen LogP contribution in [-0.4, -0.2) is 98.1 Å². The molecule has 2 amide bonds. The minimum atomic E-state index is -3.74. The van der Waals surface area contributed by atoms with E-state index in [4.69, 9.17) is 0 Å². The van der Waals surface area contributed by atoms with E-state index < -0.39 is 21.7 Å². The van der Waals surface area contributed by atoms with E-state index in [0.717, 1.165) is 12.1 Å². The van der Waals surface area contributed by atoms with Crippen molar-refractivity contribution < 1.29 is 26.8 Å². The molecule has 0 aromatic heterocycles. The fraction of sp³-hybridized carbons (Fsp3) is 0.391. The minimum Gasteiger partial charge on any atom is -0.339 e. The Kier molecular flexibility index (Phi) is 7.24. The van der Waals surface area contributed by atoms with Crippen LogP contribution in [0.4, 0.5) is 8.78 Å². The van der Waals surface area contributed by atoms with Crippen LogP contribution in [0.2, 0.25) is 0 Å². The van der Waals surface area contributed by atoms with E-state index in [-0.39, 0.29) is 55.0 Å². The van der Waals surface area contributed by atoms with E-state index in [0.29, 0.717) is 26.2 Å². The number of benzene rings is 2. The first-order chi connectivity index (χ1) is 16.3. The van der Waals surface area contributed by atoms with Gasteiger partial charge < -0.3 is 9.80 Å². The molecule has 0 atom stereocenters. The second-order valence-corrected chi connectivity index (χ2v) is 10.2. The molecule has 2 heterocycles. The zero-order chi connectivity index (χ0) is 24.3. The summed E-state index contributed by atoms with van der Waals surface area (Å²) in [4.78, 5) is 30.5. The van der Waals surface area contributed by atoms with Gasteiger partial charge in [0.2, 0.25) is 15.9 Å². The third-order valence-corrected chi connectivity index (χ3v) is 8.08. The van der Waals surface area contributed by atoms with Crippen LogP contribution in [0, 0.1) is 11.6 Å². The summed E-state index contributed by atoms with van der Waals surface area (Å²) in [6.45, 7) is 2.80. The fourth-order valence-corrected chi connectivity index (χ4v) is 5.56. The molecule has 0 spiro atoms. The summed E-state index contributed by atoms with van der Waals surface area (Å²) >= 11 is 0. The van der Waals surface area contributed by atoms with Crippen molar-refractivity contribution in [3.05, 3.63) is 65.7 Å². The van der Waals surface area contributed by atoms with Gasteiger partial charge in [0.15, 0.2) is 0 Å². The molecule has 11 heteroatoms. The summed E-state index contributed by atoms with van der Waals surface area (Å²) in [6.07, 6.45) is 0. The van der Waals surface area contributed by atoms with Crippen molar-refractivity contribution in [2.24, 2.45) is 0 Å². The number of amides is 2. The van der Waals surface area contributed by atoms with Crippen molar-refractivity contribution in [3.8, 4) is 0 Å². The molecule has 182 valence electrons. The lowest BCUT2D eigenvalue weighted by Crippen LogP contribution is -2.55. The molecule has 2 saturated heterocycles. The fourth-order valence-electron chi connectivity index (χ4n) is 4.14. The molecular weight excluding hydrogens is 466 g/mol. The molecule has 2 aromatic rings. The maximum Gasteiger partial charge on any atom is 0.256 e. The molecule has 0 saturated carbocycles. The standard InChI is InChI=1S/C23H26F2N4O4S/c24-18-5-7-19(8-6-18)34(32,33)29-15-13-27(14-16-29)22(30)17-26-9-11-28(12-10-26)23(31)20-3-1-2-4-21(20)25/h1-8H,9-17H2. The van der Waals surface area contributed by atoms with Crippen molar-refractivity contribution in [1.29, 1.82) is 0 Å². The van der Waals surface area contributed by atoms with E-state index in [1.54, 1.807) is 15.9 Å². The monoisotopic (exact) mass is 492 g/mol. The third-order valence-electron chi connectivity index (χ3n) is 6.17. The van der Waals surface area contributed by atoms with Crippen molar-refractivity contribution >= 4 is 21.8 Å². The number of nitrogens with zero attached hydrogens (tertiary/aromatic N) is 4. The third kappa shape index (κ3) is 5.26. The maximum absolute atomic E-state index is 13.9. The zero-order valence-corrected chi connectivity index (χ0v) is 19.4. The Hall–Kier alpha value is -2.89. The van der Waals surface area contributed by atoms with Gasteiger partial charge in [0, 0.05) is 52.4 Å². The summed E-state index contributed by atoms with van der Waals surface area (Å²) in [6, 6.07) is 10.6. The summed E-state index contributed by atoms with van der Waals surface area (Å²) in [5.74, 6) is -1.52. The molecule has 34 heavy (non-hydrogen) atoms. The van der Waals surface area contributed by atoms with Gasteiger partial charge in [0.05, 0.1) is 17.0 Å². The number of halogens is 2.